The summed E-state index contributed by atoms with van der Waals surface area (Å²) in [5, 5.41) is 13.2. The molecule has 0 heterocycles. The van der Waals surface area contributed by atoms with E-state index in [0.29, 0.717) is 12.0 Å². The molecule has 1 aliphatic carbocycles. The normalized spacial score (nSPS) is 30.2. The SMILES string of the molecule is CSCC(C)CNC1CCCCC1O. The third-order valence-electron chi connectivity index (χ3n) is 2.91. The number of hydrogen-bond acceptors (Lipinski definition) is 3. The zero-order chi connectivity index (χ0) is 10.4. The van der Waals surface area contributed by atoms with E-state index >= 15 is 0 Å². The Morgan fingerprint density at radius 3 is 2.79 bits per heavy atom. The van der Waals surface area contributed by atoms with Crippen LogP contribution in [0, 0.1) is 5.92 Å². The summed E-state index contributed by atoms with van der Waals surface area (Å²) in [5.74, 6) is 1.91. The third kappa shape index (κ3) is 4.20. The number of aliphatic hydroxyl groups is 1. The minimum atomic E-state index is -0.106. The van der Waals surface area contributed by atoms with Gasteiger partial charge in [0.05, 0.1) is 6.10 Å². The van der Waals surface area contributed by atoms with Crippen LogP contribution in [0.15, 0.2) is 0 Å². The van der Waals surface area contributed by atoms with Crippen molar-refractivity contribution in [3.63, 3.8) is 0 Å². The molecule has 0 radical (unpaired) electrons. The van der Waals surface area contributed by atoms with E-state index in [1.807, 2.05) is 11.8 Å². The quantitative estimate of drug-likeness (QED) is 0.737. The van der Waals surface area contributed by atoms with Crippen LogP contribution in [0.25, 0.3) is 0 Å². The predicted octanol–water partition coefficient (Wildman–Crippen LogP) is 1.88. The number of aliphatic hydroxyl groups excluding tert-OH is 1. The summed E-state index contributed by atoms with van der Waals surface area (Å²) in [7, 11) is 0. The van der Waals surface area contributed by atoms with Crippen LogP contribution < -0.4 is 5.32 Å². The number of rotatable bonds is 5. The van der Waals surface area contributed by atoms with Crippen molar-refractivity contribution < 1.29 is 5.11 Å². The maximum Gasteiger partial charge on any atom is 0.0693 e. The molecule has 0 aromatic heterocycles. The molecule has 3 unspecified atom stereocenters. The Morgan fingerprint density at radius 1 is 1.43 bits per heavy atom. The van der Waals surface area contributed by atoms with Crippen molar-refractivity contribution in [2.24, 2.45) is 5.92 Å². The van der Waals surface area contributed by atoms with Crippen LogP contribution in [0.1, 0.15) is 32.6 Å². The molecular formula is C11H23NOS. The second kappa shape index (κ2) is 6.70. The van der Waals surface area contributed by atoms with Crippen molar-refractivity contribution in [3.8, 4) is 0 Å². The van der Waals surface area contributed by atoms with E-state index in [0.717, 1.165) is 19.4 Å². The van der Waals surface area contributed by atoms with Gasteiger partial charge in [-0.2, -0.15) is 11.8 Å². The highest BCUT2D eigenvalue weighted by Gasteiger charge is 2.22. The second-order valence-electron chi connectivity index (χ2n) is 4.43. The molecule has 0 spiro atoms. The molecule has 0 aromatic carbocycles. The summed E-state index contributed by atoms with van der Waals surface area (Å²) >= 11 is 1.89. The molecule has 1 fully saturated rings. The summed E-state index contributed by atoms with van der Waals surface area (Å²) in [6.07, 6.45) is 6.63. The van der Waals surface area contributed by atoms with Crippen LogP contribution in [-0.4, -0.2) is 35.8 Å². The largest absolute Gasteiger partial charge is 0.392 e. The molecule has 2 N–H and O–H groups in total. The van der Waals surface area contributed by atoms with Gasteiger partial charge in [0, 0.05) is 6.04 Å². The molecule has 3 atom stereocenters. The molecule has 84 valence electrons. The fourth-order valence-corrected chi connectivity index (χ4v) is 2.73. The monoisotopic (exact) mass is 217 g/mol. The van der Waals surface area contributed by atoms with Crippen molar-refractivity contribution in [3.05, 3.63) is 0 Å². The summed E-state index contributed by atoms with van der Waals surface area (Å²) in [6, 6.07) is 0.355. The van der Waals surface area contributed by atoms with E-state index < -0.39 is 0 Å². The van der Waals surface area contributed by atoms with Crippen LogP contribution >= 0.6 is 11.8 Å². The van der Waals surface area contributed by atoms with Gasteiger partial charge < -0.3 is 10.4 Å². The van der Waals surface area contributed by atoms with Gasteiger partial charge in [-0.15, -0.1) is 0 Å². The lowest BCUT2D eigenvalue weighted by Gasteiger charge is -2.29. The van der Waals surface area contributed by atoms with Gasteiger partial charge in [-0.1, -0.05) is 19.8 Å². The second-order valence-corrected chi connectivity index (χ2v) is 5.34. The van der Waals surface area contributed by atoms with E-state index in [1.165, 1.54) is 18.6 Å². The van der Waals surface area contributed by atoms with Crippen LogP contribution in [0.2, 0.25) is 0 Å². The van der Waals surface area contributed by atoms with Crippen LogP contribution in [0.5, 0.6) is 0 Å². The van der Waals surface area contributed by atoms with Gasteiger partial charge in [-0.3, -0.25) is 0 Å². The predicted molar refractivity (Wildman–Crippen MR) is 63.8 cm³/mol. The average molecular weight is 217 g/mol. The molecular weight excluding hydrogens is 194 g/mol. The molecule has 3 heteroatoms. The van der Waals surface area contributed by atoms with Crippen LogP contribution in [0.4, 0.5) is 0 Å². The van der Waals surface area contributed by atoms with Crippen molar-refractivity contribution in [1.82, 2.24) is 5.32 Å². The topological polar surface area (TPSA) is 32.3 Å². The first-order valence-electron chi connectivity index (χ1n) is 5.64. The molecule has 0 bridgehead atoms. The smallest absolute Gasteiger partial charge is 0.0693 e. The lowest BCUT2D eigenvalue weighted by molar-refractivity contribution is 0.0897. The maximum atomic E-state index is 9.74. The van der Waals surface area contributed by atoms with Crippen LogP contribution in [0.3, 0.4) is 0 Å². The Morgan fingerprint density at radius 2 is 2.14 bits per heavy atom. The highest BCUT2D eigenvalue weighted by atomic mass is 32.2. The molecule has 0 amide bonds. The van der Waals surface area contributed by atoms with Gasteiger partial charge in [-0.05, 0) is 37.3 Å². The fraction of sp³-hybridized carbons (Fsp3) is 1.00. The number of thioether (sulfide) groups is 1. The van der Waals surface area contributed by atoms with Crippen molar-refractivity contribution in [2.45, 2.75) is 44.8 Å². The fourth-order valence-electron chi connectivity index (χ4n) is 2.05. The summed E-state index contributed by atoms with van der Waals surface area (Å²) in [6.45, 7) is 3.31. The van der Waals surface area contributed by atoms with Crippen molar-refractivity contribution in [2.75, 3.05) is 18.6 Å². The highest BCUT2D eigenvalue weighted by molar-refractivity contribution is 7.98. The van der Waals surface area contributed by atoms with Gasteiger partial charge in [-0.25, -0.2) is 0 Å². The molecule has 0 saturated heterocycles. The molecule has 0 aromatic rings. The van der Waals surface area contributed by atoms with E-state index in [-0.39, 0.29) is 6.10 Å². The molecule has 0 aliphatic heterocycles. The maximum absolute atomic E-state index is 9.74. The van der Waals surface area contributed by atoms with E-state index in [4.69, 9.17) is 0 Å². The van der Waals surface area contributed by atoms with Crippen molar-refractivity contribution in [1.29, 1.82) is 0 Å². The van der Waals surface area contributed by atoms with E-state index in [9.17, 15) is 5.11 Å². The molecule has 2 nitrogen and oxygen atoms in total. The lowest BCUT2D eigenvalue weighted by atomic mass is 9.92. The number of nitrogens with one attached hydrogen (secondary N) is 1. The Labute approximate surface area is 91.9 Å². The third-order valence-corrected chi connectivity index (χ3v) is 3.81. The molecule has 1 rings (SSSR count). The first-order valence-corrected chi connectivity index (χ1v) is 7.03. The molecule has 1 aliphatic rings. The molecule has 14 heavy (non-hydrogen) atoms. The molecule has 1 saturated carbocycles. The zero-order valence-corrected chi connectivity index (χ0v) is 10.1. The summed E-state index contributed by atoms with van der Waals surface area (Å²) in [5.41, 5.74) is 0. The van der Waals surface area contributed by atoms with Gasteiger partial charge in [0.1, 0.15) is 0 Å². The van der Waals surface area contributed by atoms with Crippen molar-refractivity contribution >= 4 is 11.8 Å². The minimum Gasteiger partial charge on any atom is -0.392 e. The summed E-state index contributed by atoms with van der Waals surface area (Å²) < 4.78 is 0. The highest BCUT2D eigenvalue weighted by Crippen LogP contribution is 2.18. The first kappa shape index (κ1) is 12.3. The Balaban J connectivity index is 2.15. The number of hydrogen-bond donors (Lipinski definition) is 2. The average Bonchev–Trinajstić information content (AvgIpc) is 2.17. The first-order chi connectivity index (χ1) is 6.74. The van der Waals surface area contributed by atoms with Gasteiger partial charge in [0.2, 0.25) is 0 Å². The standard InChI is InChI=1S/C11H23NOS/c1-9(8-14-2)7-12-10-5-3-4-6-11(10)13/h9-13H,3-8H2,1-2H3. The van der Waals surface area contributed by atoms with Crippen LogP contribution in [-0.2, 0) is 0 Å². The Kier molecular flexibility index (Phi) is 5.90. The summed E-state index contributed by atoms with van der Waals surface area (Å²) in [4.78, 5) is 0. The lowest BCUT2D eigenvalue weighted by Crippen LogP contribution is -2.43. The Hall–Kier alpha value is 0.270. The van der Waals surface area contributed by atoms with E-state index in [2.05, 4.69) is 18.5 Å². The Bertz CT molecular complexity index is 154. The zero-order valence-electron chi connectivity index (χ0n) is 9.33. The van der Waals surface area contributed by atoms with Gasteiger partial charge >= 0.3 is 0 Å². The van der Waals surface area contributed by atoms with Gasteiger partial charge in [0.25, 0.3) is 0 Å². The van der Waals surface area contributed by atoms with E-state index in [1.54, 1.807) is 0 Å². The minimum absolute atomic E-state index is 0.106. The van der Waals surface area contributed by atoms with Gasteiger partial charge in [0.15, 0.2) is 0 Å².